The Bertz CT molecular complexity index is 489. The summed E-state index contributed by atoms with van der Waals surface area (Å²) >= 11 is 0. The van der Waals surface area contributed by atoms with Crippen molar-refractivity contribution < 1.29 is 0 Å². The number of anilines is 1. The van der Waals surface area contributed by atoms with Gasteiger partial charge in [-0.15, -0.1) is 0 Å². The minimum Gasteiger partial charge on any atom is -0.368 e. The van der Waals surface area contributed by atoms with Gasteiger partial charge in [0.05, 0.1) is 23.3 Å². The van der Waals surface area contributed by atoms with Gasteiger partial charge in [0.1, 0.15) is 0 Å². The normalized spacial score (nSPS) is 15.7. The van der Waals surface area contributed by atoms with Crippen LogP contribution >= 0.6 is 0 Å². The fraction of sp³-hybridized carbons (Fsp3) is 0.286. The van der Waals surface area contributed by atoms with E-state index in [-0.39, 0.29) is 0 Å². The van der Waals surface area contributed by atoms with Gasteiger partial charge in [0.2, 0.25) is 0 Å². The third kappa shape index (κ3) is 2.33. The molecule has 4 nitrogen and oxygen atoms in total. The van der Waals surface area contributed by atoms with E-state index in [9.17, 15) is 0 Å². The maximum atomic E-state index is 4.50. The molecule has 0 spiro atoms. The van der Waals surface area contributed by atoms with E-state index < -0.39 is 0 Å². The summed E-state index contributed by atoms with van der Waals surface area (Å²) in [5.74, 6) is 0. The Balaban J connectivity index is 1.80. The lowest BCUT2D eigenvalue weighted by Crippen LogP contribution is -2.43. The van der Waals surface area contributed by atoms with Gasteiger partial charge in [0.15, 0.2) is 0 Å². The van der Waals surface area contributed by atoms with E-state index in [1.54, 1.807) is 6.20 Å². The van der Waals surface area contributed by atoms with Crippen molar-refractivity contribution in [3.05, 3.63) is 42.7 Å². The molecule has 0 radical (unpaired) electrons. The topological polar surface area (TPSA) is 41.0 Å². The molecule has 0 saturated carbocycles. The number of hydrogen-bond donors (Lipinski definition) is 1. The molecule has 3 heterocycles. The van der Waals surface area contributed by atoms with Gasteiger partial charge in [-0.3, -0.25) is 9.97 Å². The van der Waals surface area contributed by atoms with Crippen LogP contribution in [0.5, 0.6) is 0 Å². The fourth-order valence-corrected chi connectivity index (χ4v) is 2.16. The van der Waals surface area contributed by atoms with E-state index in [4.69, 9.17) is 0 Å². The first-order valence-corrected chi connectivity index (χ1v) is 6.26. The summed E-state index contributed by atoms with van der Waals surface area (Å²) in [5.41, 5.74) is 3.04. The zero-order chi connectivity index (χ0) is 12.2. The predicted octanol–water partition coefficient (Wildman–Crippen LogP) is 1.55. The second-order valence-corrected chi connectivity index (χ2v) is 4.35. The number of nitrogens with zero attached hydrogens (tertiary/aromatic N) is 3. The van der Waals surface area contributed by atoms with Gasteiger partial charge in [0.25, 0.3) is 0 Å². The molecule has 1 saturated heterocycles. The monoisotopic (exact) mass is 240 g/mol. The van der Waals surface area contributed by atoms with Gasteiger partial charge in [-0.2, -0.15) is 0 Å². The van der Waals surface area contributed by atoms with Gasteiger partial charge in [-0.25, -0.2) is 0 Å². The maximum absolute atomic E-state index is 4.50. The van der Waals surface area contributed by atoms with Gasteiger partial charge >= 0.3 is 0 Å². The summed E-state index contributed by atoms with van der Waals surface area (Å²) in [6.07, 6.45) is 3.73. The molecule has 0 amide bonds. The van der Waals surface area contributed by atoms with Crippen LogP contribution in [0, 0.1) is 0 Å². The smallest absolute Gasteiger partial charge is 0.0887 e. The average molecular weight is 240 g/mol. The SMILES string of the molecule is c1ccc(-c2ccc(N3CCNCC3)cn2)nc1. The van der Waals surface area contributed by atoms with E-state index in [0.29, 0.717) is 0 Å². The standard InChI is InChI=1S/C14H16N4/c1-2-6-16-13(3-1)14-5-4-12(11-17-14)18-9-7-15-8-10-18/h1-6,11,15H,7-10H2. The third-order valence-corrected chi connectivity index (χ3v) is 3.16. The highest BCUT2D eigenvalue weighted by Crippen LogP contribution is 2.18. The summed E-state index contributed by atoms with van der Waals surface area (Å²) < 4.78 is 0. The Kier molecular flexibility index (Phi) is 3.19. The summed E-state index contributed by atoms with van der Waals surface area (Å²) in [6.45, 7) is 4.18. The largest absolute Gasteiger partial charge is 0.368 e. The van der Waals surface area contributed by atoms with E-state index in [0.717, 1.165) is 37.6 Å². The molecule has 0 aliphatic carbocycles. The Morgan fingerprint density at radius 1 is 0.944 bits per heavy atom. The molecule has 18 heavy (non-hydrogen) atoms. The molecule has 2 aromatic heterocycles. The first-order chi connectivity index (χ1) is 8.93. The lowest BCUT2D eigenvalue weighted by atomic mass is 10.2. The molecule has 3 rings (SSSR count). The highest BCUT2D eigenvalue weighted by atomic mass is 15.2. The van der Waals surface area contributed by atoms with Crippen LogP contribution in [-0.4, -0.2) is 36.1 Å². The number of hydrogen-bond acceptors (Lipinski definition) is 4. The van der Waals surface area contributed by atoms with Crippen LogP contribution in [-0.2, 0) is 0 Å². The van der Waals surface area contributed by atoms with E-state index in [2.05, 4.69) is 26.3 Å². The van der Waals surface area contributed by atoms with E-state index in [1.807, 2.05) is 30.5 Å². The van der Waals surface area contributed by atoms with Gasteiger partial charge in [-0.1, -0.05) is 6.07 Å². The van der Waals surface area contributed by atoms with Crippen LogP contribution in [0.3, 0.4) is 0 Å². The van der Waals surface area contributed by atoms with Gasteiger partial charge < -0.3 is 10.2 Å². The zero-order valence-electron chi connectivity index (χ0n) is 10.2. The third-order valence-electron chi connectivity index (χ3n) is 3.16. The summed E-state index contributed by atoms with van der Waals surface area (Å²) in [7, 11) is 0. The lowest BCUT2D eigenvalue weighted by Gasteiger charge is -2.29. The maximum Gasteiger partial charge on any atom is 0.0887 e. The zero-order valence-corrected chi connectivity index (χ0v) is 10.2. The van der Waals surface area contributed by atoms with Crippen LogP contribution in [0.1, 0.15) is 0 Å². The molecule has 1 aliphatic heterocycles. The lowest BCUT2D eigenvalue weighted by molar-refractivity contribution is 0.589. The Morgan fingerprint density at radius 3 is 2.44 bits per heavy atom. The number of aromatic nitrogens is 2. The highest BCUT2D eigenvalue weighted by Gasteiger charge is 2.10. The molecule has 4 heteroatoms. The molecule has 1 fully saturated rings. The molecule has 2 aromatic rings. The summed E-state index contributed by atoms with van der Waals surface area (Å²) in [6, 6.07) is 10.0. The summed E-state index contributed by atoms with van der Waals surface area (Å²) in [4.78, 5) is 11.2. The van der Waals surface area contributed by atoms with Crippen molar-refractivity contribution in [1.29, 1.82) is 0 Å². The molecule has 1 N–H and O–H groups in total. The van der Waals surface area contributed by atoms with Gasteiger partial charge in [-0.05, 0) is 24.3 Å². The number of piperazine rings is 1. The van der Waals surface area contributed by atoms with Crippen molar-refractivity contribution in [2.45, 2.75) is 0 Å². The van der Waals surface area contributed by atoms with E-state index in [1.165, 1.54) is 5.69 Å². The Morgan fingerprint density at radius 2 is 1.78 bits per heavy atom. The van der Waals surface area contributed by atoms with Crippen molar-refractivity contribution in [3.8, 4) is 11.4 Å². The second-order valence-electron chi connectivity index (χ2n) is 4.35. The van der Waals surface area contributed by atoms with E-state index >= 15 is 0 Å². The fourth-order valence-electron chi connectivity index (χ4n) is 2.16. The summed E-state index contributed by atoms with van der Waals surface area (Å²) in [5, 5.41) is 3.35. The molecule has 0 atom stereocenters. The number of pyridine rings is 2. The van der Waals surface area contributed by atoms with Crippen LogP contribution in [0.2, 0.25) is 0 Å². The molecule has 92 valence electrons. The number of rotatable bonds is 2. The molecule has 0 unspecified atom stereocenters. The molecule has 0 aromatic carbocycles. The van der Waals surface area contributed by atoms with Crippen molar-refractivity contribution in [2.75, 3.05) is 31.1 Å². The van der Waals surface area contributed by atoms with Crippen molar-refractivity contribution in [3.63, 3.8) is 0 Å². The predicted molar refractivity (Wildman–Crippen MR) is 72.6 cm³/mol. The van der Waals surface area contributed by atoms with Crippen LogP contribution in [0.15, 0.2) is 42.7 Å². The highest BCUT2D eigenvalue weighted by molar-refractivity contribution is 5.57. The van der Waals surface area contributed by atoms with Crippen LogP contribution < -0.4 is 10.2 Å². The molecular formula is C14H16N4. The minimum absolute atomic E-state index is 0.921. The first kappa shape index (κ1) is 11.2. The Hall–Kier alpha value is -1.94. The van der Waals surface area contributed by atoms with Gasteiger partial charge in [0, 0.05) is 32.4 Å². The van der Waals surface area contributed by atoms with Crippen molar-refractivity contribution in [1.82, 2.24) is 15.3 Å². The van der Waals surface area contributed by atoms with Crippen LogP contribution in [0.25, 0.3) is 11.4 Å². The molecule has 0 bridgehead atoms. The quantitative estimate of drug-likeness (QED) is 0.864. The average Bonchev–Trinajstić information content (AvgIpc) is 2.49. The molecular weight excluding hydrogens is 224 g/mol. The Labute approximate surface area is 107 Å². The van der Waals surface area contributed by atoms with Crippen molar-refractivity contribution in [2.24, 2.45) is 0 Å². The minimum atomic E-state index is 0.921. The van der Waals surface area contributed by atoms with Crippen molar-refractivity contribution >= 4 is 5.69 Å². The molecule has 1 aliphatic rings. The number of nitrogens with one attached hydrogen (secondary N) is 1. The second kappa shape index (κ2) is 5.14. The van der Waals surface area contributed by atoms with Crippen LogP contribution in [0.4, 0.5) is 5.69 Å². The first-order valence-electron chi connectivity index (χ1n) is 6.26.